The molecule has 2 atom stereocenters. The van der Waals surface area contributed by atoms with E-state index in [1.54, 1.807) is 30.3 Å². The first-order valence-electron chi connectivity index (χ1n) is 10.5. The van der Waals surface area contributed by atoms with E-state index in [-0.39, 0.29) is 17.6 Å². The number of benzene rings is 3. The number of rotatable bonds is 6. The molecular formula is C26H16F8O2. The first-order valence-corrected chi connectivity index (χ1v) is 10.5. The second-order valence-electron chi connectivity index (χ2n) is 7.78. The predicted molar refractivity (Wildman–Crippen MR) is 116 cm³/mol. The molecule has 0 amide bonds. The Morgan fingerprint density at radius 1 is 0.806 bits per heavy atom. The van der Waals surface area contributed by atoms with E-state index < -0.39 is 53.4 Å². The highest BCUT2D eigenvalue weighted by atomic mass is 19.4. The van der Waals surface area contributed by atoms with E-state index in [0.29, 0.717) is 17.7 Å². The lowest BCUT2D eigenvalue weighted by molar-refractivity contribution is -0.275. The quantitative estimate of drug-likeness (QED) is 0.310. The van der Waals surface area contributed by atoms with Crippen LogP contribution >= 0.6 is 0 Å². The average Bonchev–Trinajstić information content (AvgIpc) is 2.80. The Morgan fingerprint density at radius 3 is 2.06 bits per heavy atom. The summed E-state index contributed by atoms with van der Waals surface area (Å²) in [4.78, 5) is 0. The predicted octanol–water partition coefficient (Wildman–Crippen LogP) is 8.26. The molecule has 4 rings (SSSR count). The van der Waals surface area contributed by atoms with Crippen LogP contribution in [0.4, 0.5) is 35.1 Å². The monoisotopic (exact) mass is 512 g/mol. The van der Waals surface area contributed by atoms with Crippen LogP contribution in [0.15, 0.2) is 72.8 Å². The van der Waals surface area contributed by atoms with Crippen molar-refractivity contribution < 1.29 is 44.6 Å². The normalized spacial score (nSPS) is 16.7. The fourth-order valence-electron chi connectivity index (χ4n) is 3.72. The van der Waals surface area contributed by atoms with Crippen LogP contribution in [0.25, 0.3) is 11.1 Å². The molecule has 0 N–H and O–H groups in total. The largest absolute Gasteiger partial charge is 0.573 e. The lowest BCUT2D eigenvalue weighted by atomic mass is 9.88. The van der Waals surface area contributed by atoms with Gasteiger partial charge in [-0.1, -0.05) is 42.5 Å². The molecule has 188 valence electrons. The van der Waals surface area contributed by atoms with Gasteiger partial charge in [0.2, 0.25) is 0 Å². The molecule has 2 nitrogen and oxygen atoms in total. The van der Waals surface area contributed by atoms with Crippen molar-refractivity contribution in [2.45, 2.75) is 25.3 Å². The number of hydrogen-bond donors (Lipinski definition) is 0. The van der Waals surface area contributed by atoms with Gasteiger partial charge in [-0.3, -0.25) is 0 Å². The lowest BCUT2D eigenvalue weighted by Crippen LogP contribution is -2.18. The highest BCUT2D eigenvalue weighted by molar-refractivity contribution is 5.80. The topological polar surface area (TPSA) is 18.5 Å². The van der Waals surface area contributed by atoms with Gasteiger partial charge in [0.05, 0.1) is 5.56 Å². The van der Waals surface area contributed by atoms with Crippen molar-refractivity contribution in [3.8, 4) is 11.5 Å². The van der Waals surface area contributed by atoms with Gasteiger partial charge in [-0.25, -0.2) is 17.6 Å². The van der Waals surface area contributed by atoms with Crippen molar-refractivity contribution in [2.24, 2.45) is 0 Å². The summed E-state index contributed by atoms with van der Waals surface area (Å²) < 4.78 is 117. The zero-order valence-electron chi connectivity index (χ0n) is 18.1. The molecule has 0 aliphatic heterocycles. The van der Waals surface area contributed by atoms with Crippen LogP contribution in [0.3, 0.4) is 0 Å². The van der Waals surface area contributed by atoms with Gasteiger partial charge in [0.1, 0.15) is 23.6 Å². The van der Waals surface area contributed by atoms with Gasteiger partial charge in [0, 0.05) is 12.5 Å². The fraction of sp³-hybridized carbons (Fsp3) is 0.154. The molecule has 1 aliphatic rings. The first kappa shape index (κ1) is 25.3. The van der Waals surface area contributed by atoms with Gasteiger partial charge in [-0.05, 0) is 46.5 Å². The maximum atomic E-state index is 14.9. The Hall–Kier alpha value is -3.82. The van der Waals surface area contributed by atoms with Crippen LogP contribution < -0.4 is 9.47 Å². The maximum Gasteiger partial charge on any atom is 0.573 e. The van der Waals surface area contributed by atoms with E-state index in [4.69, 9.17) is 0 Å². The molecule has 2 unspecified atom stereocenters. The molecule has 3 aromatic rings. The Labute approximate surface area is 200 Å². The van der Waals surface area contributed by atoms with E-state index in [0.717, 1.165) is 23.8 Å². The van der Waals surface area contributed by atoms with Crippen molar-refractivity contribution in [1.29, 1.82) is 0 Å². The molecule has 0 spiro atoms. The van der Waals surface area contributed by atoms with E-state index in [2.05, 4.69) is 9.47 Å². The van der Waals surface area contributed by atoms with E-state index >= 15 is 0 Å². The average molecular weight is 512 g/mol. The standard InChI is InChI=1S/C26H16F8O2/c27-19-10-15(14-4-2-1-3-5-14)6-8-18(19)16-11-21(29)24(22(30)12-16)25(31)35-17-7-9-23(20(28)13-17)36-26(32,33)34/h1-9,11-13,19,25H,10H2. The molecule has 0 fully saturated rings. The Balaban J connectivity index is 1.55. The zero-order valence-corrected chi connectivity index (χ0v) is 18.1. The third kappa shape index (κ3) is 5.69. The minimum absolute atomic E-state index is 0.00215. The Bertz CT molecular complexity index is 1290. The molecule has 0 saturated carbocycles. The number of ether oxygens (including phenoxy) is 2. The fourth-order valence-corrected chi connectivity index (χ4v) is 3.72. The minimum Gasteiger partial charge on any atom is -0.456 e. The first-order chi connectivity index (χ1) is 17.0. The third-order valence-electron chi connectivity index (χ3n) is 5.35. The van der Waals surface area contributed by atoms with Crippen LogP contribution in [0.5, 0.6) is 11.5 Å². The third-order valence-corrected chi connectivity index (χ3v) is 5.35. The van der Waals surface area contributed by atoms with E-state index in [1.165, 1.54) is 6.08 Å². The van der Waals surface area contributed by atoms with Gasteiger partial charge in [-0.2, -0.15) is 4.39 Å². The van der Waals surface area contributed by atoms with Gasteiger partial charge in [-0.15, -0.1) is 13.2 Å². The smallest absolute Gasteiger partial charge is 0.456 e. The van der Waals surface area contributed by atoms with Crippen LogP contribution in [0.2, 0.25) is 0 Å². The van der Waals surface area contributed by atoms with E-state index in [9.17, 15) is 35.1 Å². The summed E-state index contributed by atoms with van der Waals surface area (Å²) in [6.45, 7) is 0. The number of hydrogen-bond acceptors (Lipinski definition) is 2. The zero-order chi connectivity index (χ0) is 26.0. The molecule has 0 aromatic heterocycles. The van der Waals surface area contributed by atoms with Crippen molar-refractivity contribution in [3.63, 3.8) is 0 Å². The van der Waals surface area contributed by atoms with Crippen LogP contribution in [-0.2, 0) is 0 Å². The van der Waals surface area contributed by atoms with Gasteiger partial charge < -0.3 is 9.47 Å². The van der Waals surface area contributed by atoms with Crippen molar-refractivity contribution >= 4 is 11.1 Å². The molecule has 36 heavy (non-hydrogen) atoms. The number of alkyl halides is 5. The van der Waals surface area contributed by atoms with E-state index in [1.807, 2.05) is 6.07 Å². The van der Waals surface area contributed by atoms with Crippen LogP contribution in [0.1, 0.15) is 29.5 Å². The Kier molecular flexibility index (Phi) is 7.05. The minimum atomic E-state index is -5.16. The summed E-state index contributed by atoms with van der Waals surface area (Å²) in [7, 11) is 0. The second kappa shape index (κ2) is 10.0. The molecule has 3 aromatic carbocycles. The highest BCUT2D eigenvalue weighted by Crippen LogP contribution is 2.37. The van der Waals surface area contributed by atoms with Crippen molar-refractivity contribution in [2.75, 3.05) is 0 Å². The molecule has 10 heteroatoms. The Morgan fingerprint density at radius 2 is 1.47 bits per heavy atom. The van der Waals surface area contributed by atoms with Gasteiger partial charge >= 0.3 is 6.36 Å². The van der Waals surface area contributed by atoms with Crippen LogP contribution in [-0.4, -0.2) is 12.5 Å². The molecule has 0 heterocycles. The number of halogens is 8. The summed E-state index contributed by atoms with van der Waals surface area (Å²) >= 11 is 0. The summed E-state index contributed by atoms with van der Waals surface area (Å²) in [6, 6.07) is 12.1. The summed E-state index contributed by atoms with van der Waals surface area (Å²) in [5.41, 5.74) is 0.187. The summed E-state index contributed by atoms with van der Waals surface area (Å²) in [5, 5.41) is 0. The summed E-state index contributed by atoms with van der Waals surface area (Å²) in [5.74, 6) is -6.15. The SMILES string of the molecule is Fc1cc(OC(F)c2c(F)cc(C3=CC=C(c4ccccc4)CC3F)cc2F)ccc1OC(F)(F)F. The molecule has 0 radical (unpaired) electrons. The highest BCUT2D eigenvalue weighted by Gasteiger charge is 2.33. The number of allylic oxidation sites excluding steroid dienone is 4. The molecular weight excluding hydrogens is 496 g/mol. The molecule has 0 saturated heterocycles. The summed E-state index contributed by atoms with van der Waals surface area (Å²) in [6.07, 6.45) is -6.53. The molecule has 0 bridgehead atoms. The van der Waals surface area contributed by atoms with Gasteiger partial charge in [0.15, 0.2) is 11.6 Å². The molecule has 1 aliphatic carbocycles. The maximum absolute atomic E-state index is 14.9. The lowest BCUT2D eigenvalue weighted by Gasteiger charge is -2.21. The second-order valence-corrected chi connectivity index (χ2v) is 7.78. The van der Waals surface area contributed by atoms with Crippen molar-refractivity contribution in [1.82, 2.24) is 0 Å². The van der Waals surface area contributed by atoms with Crippen molar-refractivity contribution in [3.05, 3.63) is 107 Å². The van der Waals surface area contributed by atoms with Crippen LogP contribution in [0, 0.1) is 17.5 Å². The van der Waals surface area contributed by atoms with Gasteiger partial charge in [0.25, 0.3) is 6.36 Å².